The number of carbonyl (C=O) groups is 2. The summed E-state index contributed by atoms with van der Waals surface area (Å²) in [4.78, 5) is 25.0. The molecular weight excluding hydrogens is 432 g/mol. The molecule has 0 unspecified atom stereocenters. The van der Waals surface area contributed by atoms with Gasteiger partial charge in [-0.1, -0.05) is 13.8 Å². The second-order valence-electron chi connectivity index (χ2n) is 10.5. The fraction of sp³-hybridized carbons (Fsp3) is 0.750. The Bertz CT molecular complexity index is 831. The van der Waals surface area contributed by atoms with E-state index in [2.05, 4.69) is 29.8 Å². The molecule has 0 radical (unpaired) electrons. The van der Waals surface area contributed by atoms with Crippen LogP contribution in [0.2, 0.25) is 0 Å². The second kappa shape index (κ2) is 6.96. The molecule has 0 amide bonds. The number of ether oxygens (including phenoxy) is 1. The van der Waals surface area contributed by atoms with E-state index in [9.17, 15) is 9.59 Å². The van der Waals surface area contributed by atoms with Crippen molar-refractivity contribution in [2.45, 2.75) is 77.7 Å². The smallest absolute Gasteiger partial charge is 0.374 e. The predicted molar refractivity (Wildman–Crippen MR) is 112 cm³/mol. The minimum absolute atomic E-state index is 0.0112. The highest BCUT2D eigenvalue weighted by Gasteiger charge is 2.60. The van der Waals surface area contributed by atoms with Crippen LogP contribution < -0.4 is 0 Å². The van der Waals surface area contributed by atoms with Gasteiger partial charge in [-0.25, -0.2) is 4.79 Å². The largest absolute Gasteiger partial charge is 0.457 e. The zero-order valence-corrected chi connectivity index (χ0v) is 19.0. The summed E-state index contributed by atoms with van der Waals surface area (Å²) in [7, 11) is 0. The van der Waals surface area contributed by atoms with Gasteiger partial charge in [-0.15, -0.1) is 0 Å². The lowest BCUT2D eigenvalue weighted by Crippen LogP contribution is -2.54. The van der Waals surface area contributed by atoms with E-state index in [1.807, 2.05) is 0 Å². The molecule has 5 rings (SSSR count). The van der Waals surface area contributed by atoms with Crippen molar-refractivity contribution in [3.8, 4) is 0 Å². The Kier molecular flexibility index (Phi) is 4.76. The summed E-state index contributed by atoms with van der Waals surface area (Å²) in [6.45, 7) is 4.75. The Labute approximate surface area is 181 Å². The minimum Gasteiger partial charge on any atom is -0.457 e. The maximum absolute atomic E-state index is 12.6. The zero-order chi connectivity index (χ0) is 20.4. The monoisotopic (exact) mass is 462 g/mol. The average molecular weight is 463 g/mol. The van der Waals surface area contributed by atoms with E-state index in [0.29, 0.717) is 33.6 Å². The van der Waals surface area contributed by atoms with Crippen molar-refractivity contribution in [2.24, 2.45) is 34.5 Å². The molecule has 0 aliphatic heterocycles. The lowest BCUT2D eigenvalue weighted by Gasteiger charge is -2.60. The number of rotatable bonds is 2. The molecule has 158 valence electrons. The van der Waals surface area contributed by atoms with E-state index >= 15 is 0 Å². The molecule has 4 fully saturated rings. The van der Waals surface area contributed by atoms with Crippen molar-refractivity contribution in [1.82, 2.24) is 0 Å². The summed E-state index contributed by atoms with van der Waals surface area (Å²) in [5.74, 6) is 3.08. The number of hydrogen-bond donors (Lipinski definition) is 0. The first-order valence-corrected chi connectivity index (χ1v) is 12.1. The highest BCUT2D eigenvalue weighted by molar-refractivity contribution is 9.10. The van der Waals surface area contributed by atoms with Crippen molar-refractivity contribution >= 4 is 27.7 Å². The van der Waals surface area contributed by atoms with E-state index in [1.54, 1.807) is 12.1 Å². The van der Waals surface area contributed by atoms with Crippen molar-refractivity contribution in [2.75, 3.05) is 0 Å². The molecule has 4 nitrogen and oxygen atoms in total. The standard InChI is InChI=1S/C24H31BrO4/c1-23-11-9-15(28-22(27)19-6-8-21(25)29-19)13-14(23)3-4-16-17-5-7-20(26)24(17,2)12-10-18(16)23/h6,8,14-18H,3-5,7,9-13H2,1-2H3/t14-,15+,16-,17-,18-,23-,24-/m0/s1. The molecule has 0 spiro atoms. The summed E-state index contributed by atoms with van der Waals surface area (Å²) in [6.07, 6.45) is 9.63. The number of fused-ring (bicyclic) bond motifs is 5. The third-order valence-electron chi connectivity index (χ3n) is 9.37. The molecule has 1 heterocycles. The van der Waals surface area contributed by atoms with Gasteiger partial charge in [0.2, 0.25) is 5.76 Å². The predicted octanol–water partition coefficient (Wildman–Crippen LogP) is 6.18. The molecule has 0 saturated heterocycles. The van der Waals surface area contributed by atoms with Crippen molar-refractivity contribution in [1.29, 1.82) is 0 Å². The lowest BCUT2D eigenvalue weighted by atomic mass is 9.45. The molecule has 29 heavy (non-hydrogen) atoms. The number of furan rings is 1. The third-order valence-corrected chi connectivity index (χ3v) is 9.80. The molecule has 0 bridgehead atoms. The SMILES string of the molecule is C[C@]12CC[C@@H](OC(=O)c3ccc(Br)o3)C[C@@H]1CC[C@@H]1[C@@H]2CC[C@]2(C)C(=O)CC[C@@H]12. The third kappa shape index (κ3) is 3.05. The van der Waals surface area contributed by atoms with Crippen LogP contribution in [0.4, 0.5) is 0 Å². The number of halogens is 1. The molecule has 7 atom stereocenters. The summed E-state index contributed by atoms with van der Waals surface area (Å²) in [6, 6.07) is 3.38. The minimum atomic E-state index is -0.351. The van der Waals surface area contributed by atoms with Crippen LogP contribution in [0.5, 0.6) is 0 Å². The molecule has 1 aromatic heterocycles. The fourth-order valence-corrected chi connectivity index (χ4v) is 8.04. The Balaban J connectivity index is 1.29. The van der Waals surface area contributed by atoms with Crippen LogP contribution in [-0.4, -0.2) is 17.9 Å². The molecule has 4 aliphatic rings. The van der Waals surface area contributed by atoms with Crippen LogP contribution in [0.3, 0.4) is 0 Å². The van der Waals surface area contributed by atoms with E-state index < -0.39 is 0 Å². The number of esters is 1. The summed E-state index contributed by atoms with van der Waals surface area (Å²) in [5, 5.41) is 0. The van der Waals surface area contributed by atoms with Crippen LogP contribution in [-0.2, 0) is 9.53 Å². The highest BCUT2D eigenvalue weighted by atomic mass is 79.9. The first-order chi connectivity index (χ1) is 13.8. The van der Waals surface area contributed by atoms with Gasteiger partial charge in [0.05, 0.1) is 0 Å². The zero-order valence-electron chi connectivity index (χ0n) is 17.4. The van der Waals surface area contributed by atoms with Gasteiger partial charge in [-0.3, -0.25) is 4.79 Å². The maximum atomic E-state index is 12.6. The first-order valence-electron chi connectivity index (χ1n) is 11.3. The van der Waals surface area contributed by atoms with Crippen molar-refractivity contribution < 1.29 is 18.7 Å². The number of ketones is 1. The Morgan fingerprint density at radius 2 is 1.93 bits per heavy atom. The number of hydrogen-bond acceptors (Lipinski definition) is 4. The quantitative estimate of drug-likeness (QED) is 0.492. The number of carbonyl (C=O) groups excluding carboxylic acids is 2. The molecule has 0 aromatic carbocycles. The summed E-state index contributed by atoms with van der Waals surface area (Å²) in [5.41, 5.74) is 0.279. The maximum Gasteiger partial charge on any atom is 0.374 e. The van der Waals surface area contributed by atoms with Crippen molar-refractivity contribution in [3.63, 3.8) is 0 Å². The summed E-state index contributed by atoms with van der Waals surface area (Å²) >= 11 is 3.24. The van der Waals surface area contributed by atoms with Gasteiger partial charge in [0, 0.05) is 11.8 Å². The lowest BCUT2D eigenvalue weighted by molar-refractivity contribution is -0.142. The van der Waals surface area contributed by atoms with E-state index in [-0.39, 0.29) is 23.2 Å². The van der Waals surface area contributed by atoms with Gasteiger partial charge in [0.15, 0.2) is 4.67 Å². The molecule has 0 N–H and O–H groups in total. The first kappa shape index (κ1) is 19.8. The van der Waals surface area contributed by atoms with Gasteiger partial charge in [0.1, 0.15) is 11.9 Å². The van der Waals surface area contributed by atoms with Crippen LogP contribution in [0.15, 0.2) is 21.2 Å². The van der Waals surface area contributed by atoms with Gasteiger partial charge in [-0.05, 0) is 109 Å². The normalized spacial score (nSPS) is 44.0. The molecule has 5 heteroatoms. The van der Waals surface area contributed by atoms with Crippen LogP contribution in [0.1, 0.15) is 82.2 Å². The Morgan fingerprint density at radius 1 is 1.10 bits per heavy atom. The van der Waals surface area contributed by atoms with E-state index in [1.165, 1.54) is 19.3 Å². The fourth-order valence-electron chi connectivity index (χ4n) is 7.73. The summed E-state index contributed by atoms with van der Waals surface area (Å²) < 4.78 is 11.7. The highest BCUT2D eigenvalue weighted by Crippen LogP contribution is 2.65. The average Bonchev–Trinajstić information content (AvgIpc) is 3.25. The second-order valence-corrected chi connectivity index (χ2v) is 11.3. The Hall–Kier alpha value is -1.10. The topological polar surface area (TPSA) is 56.5 Å². The van der Waals surface area contributed by atoms with Gasteiger partial charge < -0.3 is 9.15 Å². The molecule has 4 saturated carbocycles. The van der Waals surface area contributed by atoms with E-state index in [0.717, 1.165) is 44.4 Å². The molecular formula is C24H31BrO4. The van der Waals surface area contributed by atoms with Gasteiger partial charge >= 0.3 is 5.97 Å². The van der Waals surface area contributed by atoms with E-state index in [4.69, 9.17) is 9.15 Å². The molecule has 4 aliphatic carbocycles. The molecule has 1 aromatic rings. The van der Waals surface area contributed by atoms with Crippen molar-refractivity contribution in [3.05, 3.63) is 22.6 Å². The van der Waals surface area contributed by atoms with Gasteiger partial charge in [-0.2, -0.15) is 0 Å². The number of Topliss-reactive ketones (excluding diaryl/α,β-unsaturated/α-hetero) is 1. The Morgan fingerprint density at radius 3 is 2.69 bits per heavy atom. The van der Waals surface area contributed by atoms with Crippen LogP contribution in [0, 0.1) is 34.5 Å². The van der Waals surface area contributed by atoms with Gasteiger partial charge in [0.25, 0.3) is 0 Å². The van der Waals surface area contributed by atoms with Crippen LogP contribution in [0.25, 0.3) is 0 Å². The van der Waals surface area contributed by atoms with Crippen LogP contribution >= 0.6 is 15.9 Å².